The molecule has 0 saturated heterocycles. The molecule has 0 radical (unpaired) electrons. The summed E-state index contributed by atoms with van der Waals surface area (Å²) < 4.78 is 0. The molecule has 0 aliphatic carbocycles. The third-order valence-electron chi connectivity index (χ3n) is 2.70. The molecule has 0 atom stereocenters. The molecule has 0 bridgehead atoms. The van der Waals surface area contributed by atoms with E-state index in [0.717, 1.165) is 11.1 Å². The van der Waals surface area contributed by atoms with Gasteiger partial charge in [-0.2, -0.15) is 0 Å². The fourth-order valence-corrected chi connectivity index (χ4v) is 2.15. The van der Waals surface area contributed by atoms with Gasteiger partial charge in [-0.25, -0.2) is 4.98 Å². The molecule has 0 spiro atoms. The lowest BCUT2D eigenvalue weighted by atomic mass is 10.1. The van der Waals surface area contributed by atoms with Crippen molar-refractivity contribution in [3.63, 3.8) is 0 Å². The predicted molar refractivity (Wildman–Crippen MR) is 82.6 cm³/mol. The van der Waals surface area contributed by atoms with E-state index in [2.05, 4.69) is 16.8 Å². The van der Waals surface area contributed by atoms with Crippen LogP contribution in [0.3, 0.4) is 0 Å². The highest BCUT2D eigenvalue weighted by Crippen LogP contribution is 2.14. The fourth-order valence-electron chi connectivity index (χ4n) is 1.69. The van der Waals surface area contributed by atoms with Crippen LogP contribution in [0, 0.1) is 11.8 Å². The van der Waals surface area contributed by atoms with Crippen LogP contribution in [0.4, 0.5) is 0 Å². The van der Waals surface area contributed by atoms with Gasteiger partial charge in [0, 0.05) is 17.5 Å². The van der Waals surface area contributed by atoms with Gasteiger partial charge in [0.2, 0.25) is 0 Å². The molecule has 0 saturated carbocycles. The van der Waals surface area contributed by atoms with E-state index in [0.29, 0.717) is 22.3 Å². The molecular weight excluding hydrogens is 309 g/mol. The van der Waals surface area contributed by atoms with Crippen LogP contribution in [0.2, 0.25) is 10.3 Å². The number of carboxylic acid groups (broad SMARTS) is 1. The number of pyridine rings is 1. The average molecular weight is 320 g/mol. The molecule has 1 N–H and O–H groups in total. The van der Waals surface area contributed by atoms with E-state index in [1.54, 1.807) is 12.1 Å². The third-order valence-corrected chi connectivity index (χ3v) is 3.08. The summed E-state index contributed by atoms with van der Waals surface area (Å²) in [6, 6.07) is 10.7. The first kappa shape index (κ1) is 15.4. The lowest BCUT2D eigenvalue weighted by Gasteiger charge is -1.98. The van der Waals surface area contributed by atoms with Crippen LogP contribution in [-0.4, -0.2) is 16.1 Å². The van der Waals surface area contributed by atoms with E-state index >= 15 is 0 Å². The second-order valence-electron chi connectivity index (χ2n) is 4.34. The molecule has 0 amide bonds. The van der Waals surface area contributed by atoms with Gasteiger partial charge in [-0.15, -0.1) is 0 Å². The minimum Gasteiger partial charge on any atom is -0.481 e. The van der Waals surface area contributed by atoms with Gasteiger partial charge in [-0.3, -0.25) is 4.79 Å². The number of carbonyl (C=O) groups is 1. The molecule has 0 fully saturated rings. The number of halogens is 2. The zero-order valence-corrected chi connectivity index (χ0v) is 12.4. The molecule has 106 valence electrons. The van der Waals surface area contributed by atoms with Crippen molar-refractivity contribution in [1.82, 2.24) is 4.98 Å². The van der Waals surface area contributed by atoms with Crippen molar-refractivity contribution >= 4 is 29.2 Å². The maximum absolute atomic E-state index is 10.5. The number of nitrogens with zero attached hydrogens (tertiary/aromatic N) is 1. The third kappa shape index (κ3) is 5.11. The largest absolute Gasteiger partial charge is 0.481 e. The van der Waals surface area contributed by atoms with Crippen LogP contribution in [0.1, 0.15) is 23.1 Å². The van der Waals surface area contributed by atoms with Crippen molar-refractivity contribution in [2.45, 2.75) is 12.8 Å². The maximum Gasteiger partial charge on any atom is 0.303 e. The predicted octanol–water partition coefficient (Wildman–Crippen LogP) is 3.81. The second kappa shape index (κ2) is 7.12. The van der Waals surface area contributed by atoms with Crippen LogP contribution in [0.5, 0.6) is 0 Å². The molecule has 2 aromatic rings. The Labute approximate surface area is 132 Å². The van der Waals surface area contributed by atoms with Gasteiger partial charge >= 0.3 is 5.97 Å². The standard InChI is InChI=1S/C16H11Cl2NO2/c17-14-9-13(10-15(18)19-14)6-5-11-1-3-12(4-2-11)7-8-16(20)21/h1-4,9-10H,7-8H2,(H,20,21). The Balaban J connectivity index is 2.10. The van der Waals surface area contributed by atoms with E-state index in [1.165, 1.54) is 0 Å². The first-order valence-electron chi connectivity index (χ1n) is 6.19. The molecule has 3 nitrogen and oxygen atoms in total. The quantitative estimate of drug-likeness (QED) is 0.691. The zero-order chi connectivity index (χ0) is 15.2. The van der Waals surface area contributed by atoms with Gasteiger partial charge in [-0.05, 0) is 36.2 Å². The van der Waals surface area contributed by atoms with Crippen LogP contribution in [0.15, 0.2) is 36.4 Å². The highest BCUT2D eigenvalue weighted by atomic mass is 35.5. The molecule has 1 aromatic heterocycles. The van der Waals surface area contributed by atoms with Crippen molar-refractivity contribution in [2.75, 3.05) is 0 Å². The van der Waals surface area contributed by atoms with Crippen molar-refractivity contribution in [3.8, 4) is 11.8 Å². The first-order chi connectivity index (χ1) is 10.0. The Bertz CT molecular complexity index is 695. The van der Waals surface area contributed by atoms with Crippen LogP contribution in [0.25, 0.3) is 0 Å². The Hall–Kier alpha value is -2.02. The number of rotatable bonds is 3. The summed E-state index contributed by atoms with van der Waals surface area (Å²) in [6.07, 6.45) is 0.637. The second-order valence-corrected chi connectivity index (χ2v) is 5.12. The fraction of sp³-hybridized carbons (Fsp3) is 0.125. The Morgan fingerprint density at radius 1 is 1.05 bits per heavy atom. The Morgan fingerprint density at radius 2 is 1.62 bits per heavy atom. The van der Waals surface area contributed by atoms with E-state index in [9.17, 15) is 4.79 Å². The molecule has 0 aliphatic rings. The summed E-state index contributed by atoms with van der Waals surface area (Å²) in [5.41, 5.74) is 2.49. The first-order valence-corrected chi connectivity index (χ1v) is 6.94. The van der Waals surface area contributed by atoms with E-state index in [1.807, 2.05) is 24.3 Å². The Morgan fingerprint density at radius 3 is 2.19 bits per heavy atom. The molecular formula is C16H11Cl2NO2. The monoisotopic (exact) mass is 319 g/mol. The van der Waals surface area contributed by atoms with Crippen LogP contribution in [-0.2, 0) is 11.2 Å². The summed E-state index contributed by atoms with van der Waals surface area (Å²) >= 11 is 11.6. The van der Waals surface area contributed by atoms with Crippen LogP contribution >= 0.6 is 23.2 Å². The topological polar surface area (TPSA) is 50.2 Å². The number of benzene rings is 1. The van der Waals surface area contributed by atoms with Crippen molar-refractivity contribution < 1.29 is 9.90 Å². The minimum atomic E-state index is -0.801. The molecule has 21 heavy (non-hydrogen) atoms. The normalized spacial score (nSPS) is 9.81. The maximum atomic E-state index is 10.5. The molecule has 1 aromatic carbocycles. The van der Waals surface area contributed by atoms with E-state index < -0.39 is 5.97 Å². The van der Waals surface area contributed by atoms with Gasteiger partial charge in [0.1, 0.15) is 10.3 Å². The Kier molecular flexibility index (Phi) is 5.21. The summed E-state index contributed by atoms with van der Waals surface area (Å²) in [5, 5.41) is 9.24. The summed E-state index contributed by atoms with van der Waals surface area (Å²) in [6.45, 7) is 0. The molecule has 0 unspecified atom stereocenters. The van der Waals surface area contributed by atoms with Gasteiger partial charge in [0.05, 0.1) is 0 Å². The average Bonchev–Trinajstić information content (AvgIpc) is 2.43. The molecule has 5 heteroatoms. The number of hydrogen-bond acceptors (Lipinski definition) is 2. The highest BCUT2D eigenvalue weighted by molar-refractivity contribution is 6.32. The minimum absolute atomic E-state index is 0.124. The van der Waals surface area contributed by atoms with Gasteiger partial charge in [-0.1, -0.05) is 47.2 Å². The lowest BCUT2D eigenvalue weighted by molar-refractivity contribution is -0.136. The summed E-state index contributed by atoms with van der Waals surface area (Å²) in [5.74, 6) is 5.15. The van der Waals surface area contributed by atoms with Gasteiger partial charge in [0.15, 0.2) is 0 Å². The number of carboxylic acids is 1. The van der Waals surface area contributed by atoms with Crippen molar-refractivity contribution in [3.05, 3.63) is 63.4 Å². The number of hydrogen-bond donors (Lipinski definition) is 1. The zero-order valence-electron chi connectivity index (χ0n) is 10.9. The summed E-state index contributed by atoms with van der Waals surface area (Å²) in [4.78, 5) is 14.4. The van der Waals surface area contributed by atoms with Crippen LogP contribution < -0.4 is 0 Å². The number of aromatic nitrogens is 1. The molecule has 1 heterocycles. The number of aryl methyl sites for hydroxylation is 1. The lowest BCUT2D eigenvalue weighted by Crippen LogP contribution is -1.97. The smallest absolute Gasteiger partial charge is 0.303 e. The van der Waals surface area contributed by atoms with Gasteiger partial charge in [0.25, 0.3) is 0 Å². The summed E-state index contributed by atoms with van der Waals surface area (Å²) in [7, 11) is 0. The molecule has 0 aliphatic heterocycles. The molecule has 2 rings (SSSR count). The number of aliphatic carboxylic acids is 1. The van der Waals surface area contributed by atoms with E-state index in [4.69, 9.17) is 28.3 Å². The van der Waals surface area contributed by atoms with E-state index in [-0.39, 0.29) is 6.42 Å². The van der Waals surface area contributed by atoms with Crippen molar-refractivity contribution in [1.29, 1.82) is 0 Å². The van der Waals surface area contributed by atoms with Gasteiger partial charge < -0.3 is 5.11 Å². The highest BCUT2D eigenvalue weighted by Gasteiger charge is 1.99. The SMILES string of the molecule is O=C(O)CCc1ccc(C#Cc2cc(Cl)nc(Cl)c2)cc1. The van der Waals surface area contributed by atoms with Crippen molar-refractivity contribution in [2.24, 2.45) is 0 Å².